The zero-order chi connectivity index (χ0) is 12.0. The minimum Gasteiger partial charge on any atom is -0.507 e. The molecule has 0 atom stereocenters. The van der Waals surface area contributed by atoms with Gasteiger partial charge in [-0.05, 0) is 37.5 Å². The molecule has 0 bridgehead atoms. The smallest absolute Gasteiger partial charge is 0.166 e. The van der Waals surface area contributed by atoms with Gasteiger partial charge in [0.2, 0.25) is 0 Å². The summed E-state index contributed by atoms with van der Waals surface area (Å²) in [6.07, 6.45) is 5.04. The lowest BCUT2D eigenvalue weighted by atomic mass is 10.0. The topological polar surface area (TPSA) is 37.3 Å². The van der Waals surface area contributed by atoms with Gasteiger partial charge < -0.3 is 5.11 Å². The Bertz CT molecular complexity index is 386. The van der Waals surface area contributed by atoms with Gasteiger partial charge in [-0.25, -0.2) is 0 Å². The minimum atomic E-state index is -0.0112. The number of phenolic OH excluding ortho intramolecular Hbond substituents is 1. The molecule has 0 unspecified atom stereocenters. The van der Waals surface area contributed by atoms with Crippen LogP contribution in [0.1, 0.15) is 36.0 Å². The van der Waals surface area contributed by atoms with Crippen molar-refractivity contribution in [1.82, 2.24) is 0 Å². The van der Waals surface area contributed by atoms with Gasteiger partial charge >= 0.3 is 0 Å². The average molecular weight is 283 g/mol. The summed E-state index contributed by atoms with van der Waals surface area (Å²) in [5.74, 6) is 0.0415. The Morgan fingerprint density at radius 3 is 2.88 bits per heavy atom. The van der Waals surface area contributed by atoms with Gasteiger partial charge in [-0.2, -0.15) is 0 Å². The van der Waals surface area contributed by atoms with E-state index in [1.165, 1.54) is 6.07 Å². The highest BCUT2D eigenvalue weighted by Crippen LogP contribution is 2.23. The summed E-state index contributed by atoms with van der Waals surface area (Å²) in [7, 11) is 0. The van der Waals surface area contributed by atoms with Crippen LogP contribution < -0.4 is 0 Å². The number of benzene rings is 1. The molecule has 0 fully saturated rings. The summed E-state index contributed by atoms with van der Waals surface area (Å²) < 4.78 is 0.805. The zero-order valence-electron chi connectivity index (χ0n) is 9.08. The summed E-state index contributed by atoms with van der Waals surface area (Å²) in [4.78, 5) is 11.8. The van der Waals surface area contributed by atoms with E-state index in [4.69, 9.17) is 0 Å². The molecule has 1 aromatic rings. The van der Waals surface area contributed by atoms with Crippen molar-refractivity contribution in [3.8, 4) is 5.75 Å². The third-order valence-corrected chi connectivity index (χ3v) is 2.81. The fraction of sp³-hybridized carbons (Fsp3) is 0.308. The van der Waals surface area contributed by atoms with Crippen LogP contribution in [0.25, 0.3) is 0 Å². The number of aromatic hydroxyl groups is 1. The number of carbonyl (C=O) groups excluding carboxylic acids is 1. The normalized spacial score (nSPS) is 10.1. The molecule has 1 aromatic carbocycles. The maximum Gasteiger partial charge on any atom is 0.166 e. The number of allylic oxidation sites excluding steroid dienone is 1. The SMILES string of the molecule is C=CCCCCC(=O)c1cc(Br)ccc1O. The van der Waals surface area contributed by atoms with Crippen molar-refractivity contribution in [2.75, 3.05) is 0 Å². The van der Waals surface area contributed by atoms with E-state index in [1.807, 2.05) is 6.08 Å². The largest absolute Gasteiger partial charge is 0.507 e. The van der Waals surface area contributed by atoms with Crippen molar-refractivity contribution in [2.45, 2.75) is 25.7 Å². The van der Waals surface area contributed by atoms with Crippen LogP contribution >= 0.6 is 15.9 Å². The molecule has 16 heavy (non-hydrogen) atoms. The highest BCUT2D eigenvalue weighted by atomic mass is 79.9. The number of unbranched alkanes of at least 4 members (excludes halogenated alkanes) is 2. The first-order valence-electron chi connectivity index (χ1n) is 5.27. The molecule has 3 heteroatoms. The lowest BCUT2D eigenvalue weighted by molar-refractivity contribution is 0.0977. The van der Waals surface area contributed by atoms with Gasteiger partial charge in [0.1, 0.15) is 5.75 Å². The number of phenols is 1. The van der Waals surface area contributed by atoms with Crippen molar-refractivity contribution in [2.24, 2.45) is 0 Å². The van der Waals surface area contributed by atoms with E-state index in [9.17, 15) is 9.90 Å². The summed E-state index contributed by atoms with van der Waals surface area (Å²) in [6, 6.07) is 4.90. The fourth-order valence-corrected chi connectivity index (χ4v) is 1.80. The van der Waals surface area contributed by atoms with Crippen LogP contribution in [0.5, 0.6) is 5.75 Å². The molecule has 1 rings (SSSR count). The van der Waals surface area contributed by atoms with E-state index in [2.05, 4.69) is 22.5 Å². The van der Waals surface area contributed by atoms with E-state index in [1.54, 1.807) is 12.1 Å². The standard InChI is InChI=1S/C13H15BrO2/c1-2-3-4-5-6-12(15)11-9-10(14)7-8-13(11)16/h2,7-9,16H,1,3-6H2. The monoisotopic (exact) mass is 282 g/mol. The van der Waals surface area contributed by atoms with E-state index in [-0.39, 0.29) is 11.5 Å². The summed E-state index contributed by atoms with van der Waals surface area (Å²) in [5, 5.41) is 9.55. The van der Waals surface area contributed by atoms with E-state index in [0.717, 1.165) is 23.7 Å². The Labute approximate surface area is 104 Å². The molecule has 2 nitrogen and oxygen atoms in total. The molecule has 1 N–H and O–H groups in total. The predicted octanol–water partition coefficient (Wildman–Crippen LogP) is 4.08. The van der Waals surface area contributed by atoms with Gasteiger partial charge in [-0.1, -0.05) is 22.0 Å². The highest BCUT2D eigenvalue weighted by Gasteiger charge is 2.10. The predicted molar refractivity (Wildman–Crippen MR) is 68.8 cm³/mol. The van der Waals surface area contributed by atoms with Crippen LogP contribution in [-0.2, 0) is 0 Å². The van der Waals surface area contributed by atoms with Gasteiger partial charge in [0.15, 0.2) is 5.78 Å². The average Bonchev–Trinajstić information content (AvgIpc) is 2.27. The Kier molecular flexibility index (Phi) is 5.26. The molecular formula is C13H15BrO2. The van der Waals surface area contributed by atoms with Crippen LogP contribution in [0.2, 0.25) is 0 Å². The maximum atomic E-state index is 11.8. The van der Waals surface area contributed by atoms with Crippen LogP contribution in [0.15, 0.2) is 35.3 Å². The maximum absolute atomic E-state index is 11.8. The first-order chi connectivity index (χ1) is 7.65. The van der Waals surface area contributed by atoms with Gasteiger partial charge in [-0.15, -0.1) is 6.58 Å². The van der Waals surface area contributed by atoms with Crippen molar-refractivity contribution >= 4 is 21.7 Å². The lowest BCUT2D eigenvalue weighted by Gasteiger charge is -2.04. The Balaban J connectivity index is 2.58. The van der Waals surface area contributed by atoms with Crippen molar-refractivity contribution in [3.05, 3.63) is 40.9 Å². The molecule has 86 valence electrons. The molecule has 0 aliphatic carbocycles. The number of rotatable bonds is 6. The molecule has 0 aromatic heterocycles. The molecule has 0 heterocycles. The molecule has 0 aliphatic heterocycles. The number of carbonyl (C=O) groups is 1. The summed E-state index contributed by atoms with van der Waals surface area (Å²) >= 11 is 3.28. The second-order valence-corrected chi connectivity index (χ2v) is 4.53. The van der Waals surface area contributed by atoms with Gasteiger partial charge in [-0.3, -0.25) is 4.79 Å². The molecule has 0 spiro atoms. The number of halogens is 1. The first kappa shape index (κ1) is 13.0. The molecule has 0 aliphatic rings. The molecule has 0 saturated heterocycles. The van der Waals surface area contributed by atoms with Gasteiger partial charge in [0.05, 0.1) is 5.56 Å². The van der Waals surface area contributed by atoms with E-state index < -0.39 is 0 Å². The number of hydrogen-bond acceptors (Lipinski definition) is 2. The van der Waals surface area contributed by atoms with Gasteiger partial charge in [0.25, 0.3) is 0 Å². The Hall–Kier alpha value is -1.09. The third kappa shape index (κ3) is 3.81. The van der Waals surface area contributed by atoms with Crippen molar-refractivity contribution in [1.29, 1.82) is 0 Å². The summed E-state index contributed by atoms with van der Waals surface area (Å²) in [5.41, 5.74) is 0.396. The molecular weight excluding hydrogens is 268 g/mol. The van der Waals surface area contributed by atoms with Crippen molar-refractivity contribution in [3.63, 3.8) is 0 Å². The van der Waals surface area contributed by atoms with E-state index >= 15 is 0 Å². The van der Waals surface area contributed by atoms with E-state index in [0.29, 0.717) is 12.0 Å². The number of Topliss-reactive ketones (excluding diaryl/α,β-unsaturated/α-hetero) is 1. The summed E-state index contributed by atoms with van der Waals surface area (Å²) in [6.45, 7) is 3.63. The number of ketones is 1. The second kappa shape index (κ2) is 6.48. The molecule has 0 radical (unpaired) electrons. The van der Waals surface area contributed by atoms with Crippen molar-refractivity contribution < 1.29 is 9.90 Å². The lowest BCUT2D eigenvalue weighted by Crippen LogP contribution is -1.99. The Morgan fingerprint density at radius 1 is 1.44 bits per heavy atom. The third-order valence-electron chi connectivity index (χ3n) is 2.32. The fourth-order valence-electron chi connectivity index (χ4n) is 1.44. The quantitative estimate of drug-likeness (QED) is 0.485. The second-order valence-electron chi connectivity index (χ2n) is 3.62. The Morgan fingerprint density at radius 2 is 2.19 bits per heavy atom. The first-order valence-corrected chi connectivity index (χ1v) is 6.07. The van der Waals surface area contributed by atoms with Gasteiger partial charge in [0, 0.05) is 10.9 Å². The molecule has 0 amide bonds. The minimum absolute atomic E-state index is 0.0112. The number of hydrogen-bond donors (Lipinski definition) is 1. The molecule has 0 saturated carbocycles. The van der Waals surface area contributed by atoms with Crippen LogP contribution in [0, 0.1) is 0 Å². The van der Waals surface area contributed by atoms with Crippen LogP contribution in [-0.4, -0.2) is 10.9 Å². The zero-order valence-corrected chi connectivity index (χ0v) is 10.7. The van der Waals surface area contributed by atoms with Crippen LogP contribution in [0.3, 0.4) is 0 Å². The van der Waals surface area contributed by atoms with Crippen LogP contribution in [0.4, 0.5) is 0 Å². The highest BCUT2D eigenvalue weighted by molar-refractivity contribution is 9.10.